The highest BCUT2D eigenvalue weighted by Crippen LogP contribution is 2.28. The summed E-state index contributed by atoms with van der Waals surface area (Å²) in [5.41, 5.74) is -1.51. The minimum Gasteiger partial charge on any atom is -0.345 e. The summed E-state index contributed by atoms with van der Waals surface area (Å²) in [5, 5.41) is 2.52. The lowest BCUT2D eigenvalue weighted by Crippen LogP contribution is -2.26. The SMILES string of the molecule is CN(C)C(=O)/C=C/CCCC(=O)Nc1cccn(Cc2nc3c(F)cc(F)c(CCC(F)(F)F)c3[nH]2)c1=O. The van der Waals surface area contributed by atoms with Crippen molar-refractivity contribution >= 4 is 28.5 Å². The molecule has 0 bridgehead atoms. The van der Waals surface area contributed by atoms with E-state index in [1.165, 1.54) is 29.3 Å². The summed E-state index contributed by atoms with van der Waals surface area (Å²) in [6.07, 6.45) is -1.06. The molecular formula is C25H26F5N5O3. The molecule has 13 heteroatoms. The van der Waals surface area contributed by atoms with Crippen molar-refractivity contribution in [1.82, 2.24) is 19.4 Å². The number of likely N-dealkylation sites (N-methyl/N-ethyl adjacent to an activating group) is 1. The normalized spacial score (nSPS) is 11.9. The van der Waals surface area contributed by atoms with Crippen LogP contribution in [0.1, 0.15) is 37.1 Å². The molecule has 3 rings (SSSR count). The summed E-state index contributed by atoms with van der Waals surface area (Å²) in [6.45, 7) is -0.234. The smallest absolute Gasteiger partial charge is 0.345 e. The van der Waals surface area contributed by atoms with Crippen molar-refractivity contribution in [3.05, 3.63) is 69.9 Å². The van der Waals surface area contributed by atoms with Crippen molar-refractivity contribution in [2.45, 2.75) is 44.8 Å². The lowest BCUT2D eigenvalue weighted by molar-refractivity contribution is -0.134. The molecule has 204 valence electrons. The molecule has 0 saturated carbocycles. The fourth-order valence-corrected chi connectivity index (χ4v) is 3.63. The summed E-state index contributed by atoms with van der Waals surface area (Å²) < 4.78 is 67.7. The maximum absolute atomic E-state index is 14.3. The van der Waals surface area contributed by atoms with E-state index in [0.717, 1.165) is 4.57 Å². The van der Waals surface area contributed by atoms with E-state index in [-0.39, 0.29) is 47.0 Å². The average Bonchev–Trinajstić information content (AvgIpc) is 3.24. The molecule has 0 fully saturated rings. The second kappa shape index (κ2) is 12.0. The van der Waals surface area contributed by atoms with Gasteiger partial charge in [0.25, 0.3) is 5.56 Å². The van der Waals surface area contributed by atoms with Crippen molar-refractivity contribution in [1.29, 1.82) is 0 Å². The number of imidazole rings is 1. The summed E-state index contributed by atoms with van der Waals surface area (Å²) in [5.74, 6) is -2.75. The quantitative estimate of drug-likeness (QED) is 0.228. The van der Waals surface area contributed by atoms with Gasteiger partial charge in [-0.2, -0.15) is 13.2 Å². The number of aromatic nitrogens is 3. The highest BCUT2D eigenvalue weighted by Gasteiger charge is 2.28. The zero-order valence-electron chi connectivity index (χ0n) is 20.7. The van der Waals surface area contributed by atoms with Crippen LogP contribution < -0.4 is 10.9 Å². The first kappa shape index (κ1) is 28.5. The molecule has 0 saturated heterocycles. The molecule has 8 nitrogen and oxygen atoms in total. The molecule has 0 aliphatic carbocycles. The molecule has 0 radical (unpaired) electrons. The standard InChI is InChI=1S/C25H26F5N5O3/c1-34(2)21(37)9-5-3-4-8-20(36)31-18-7-6-12-35(24(18)38)14-19-32-22-15(10-11-25(28,29)30)16(26)13-17(27)23(22)33-19/h5-7,9,12-13H,3-4,8,10-11,14H2,1-2H3,(H,31,36)(H,32,33)/b9-5+. The van der Waals surface area contributed by atoms with Crippen LogP contribution in [0.15, 0.2) is 41.3 Å². The Morgan fingerprint density at radius 2 is 1.95 bits per heavy atom. The van der Waals surface area contributed by atoms with Gasteiger partial charge in [-0.05, 0) is 37.5 Å². The number of carbonyl (C=O) groups excluding carboxylic acids is 2. The van der Waals surface area contributed by atoms with E-state index in [0.29, 0.717) is 18.9 Å². The van der Waals surface area contributed by atoms with Gasteiger partial charge in [0, 0.05) is 44.8 Å². The van der Waals surface area contributed by atoms with Gasteiger partial charge in [0.2, 0.25) is 11.8 Å². The Kier molecular flexibility index (Phi) is 9.02. The Balaban J connectivity index is 1.71. The van der Waals surface area contributed by atoms with Gasteiger partial charge in [0.15, 0.2) is 5.82 Å². The predicted octanol–water partition coefficient (Wildman–Crippen LogP) is 4.30. The molecule has 0 aliphatic rings. The maximum atomic E-state index is 14.3. The summed E-state index contributed by atoms with van der Waals surface area (Å²) >= 11 is 0. The van der Waals surface area contributed by atoms with Crippen LogP contribution in [0.5, 0.6) is 0 Å². The minimum atomic E-state index is -4.53. The molecule has 2 heterocycles. The van der Waals surface area contributed by atoms with Crippen molar-refractivity contribution in [3.63, 3.8) is 0 Å². The number of alkyl halides is 3. The largest absolute Gasteiger partial charge is 0.389 e. The van der Waals surface area contributed by atoms with E-state index in [9.17, 15) is 36.3 Å². The molecule has 38 heavy (non-hydrogen) atoms. The van der Waals surface area contributed by atoms with Crippen molar-refractivity contribution in [2.75, 3.05) is 19.4 Å². The molecule has 0 atom stereocenters. The van der Waals surface area contributed by atoms with Gasteiger partial charge in [-0.1, -0.05) is 6.08 Å². The van der Waals surface area contributed by atoms with Gasteiger partial charge in [-0.25, -0.2) is 13.8 Å². The van der Waals surface area contributed by atoms with E-state index < -0.39 is 42.1 Å². The monoisotopic (exact) mass is 539 g/mol. The van der Waals surface area contributed by atoms with Crippen LogP contribution in [0.2, 0.25) is 0 Å². The number of pyridine rings is 1. The number of carbonyl (C=O) groups is 2. The third kappa shape index (κ3) is 7.49. The van der Waals surface area contributed by atoms with E-state index in [1.54, 1.807) is 20.2 Å². The molecular weight excluding hydrogens is 513 g/mol. The van der Waals surface area contributed by atoms with Crippen molar-refractivity contribution in [3.8, 4) is 0 Å². The Bertz CT molecular complexity index is 1410. The topological polar surface area (TPSA) is 100 Å². The average molecular weight is 540 g/mol. The Morgan fingerprint density at radius 1 is 1.21 bits per heavy atom. The number of H-pyrrole nitrogens is 1. The highest BCUT2D eigenvalue weighted by molar-refractivity contribution is 5.90. The zero-order chi connectivity index (χ0) is 28.0. The van der Waals surface area contributed by atoms with E-state index >= 15 is 0 Å². The third-order valence-electron chi connectivity index (χ3n) is 5.57. The molecule has 0 unspecified atom stereocenters. The van der Waals surface area contributed by atoms with Crippen LogP contribution in [-0.4, -0.2) is 51.5 Å². The van der Waals surface area contributed by atoms with Crippen LogP contribution in [-0.2, 0) is 22.6 Å². The van der Waals surface area contributed by atoms with Gasteiger partial charge in [-0.3, -0.25) is 14.4 Å². The van der Waals surface area contributed by atoms with E-state index in [2.05, 4.69) is 15.3 Å². The van der Waals surface area contributed by atoms with Gasteiger partial charge in [-0.15, -0.1) is 0 Å². The van der Waals surface area contributed by atoms with Gasteiger partial charge < -0.3 is 19.8 Å². The number of fused-ring (bicyclic) bond motifs is 1. The zero-order valence-corrected chi connectivity index (χ0v) is 20.7. The second-order valence-corrected chi connectivity index (χ2v) is 8.77. The Morgan fingerprint density at radius 3 is 2.63 bits per heavy atom. The first-order valence-corrected chi connectivity index (χ1v) is 11.6. The number of nitrogens with zero attached hydrogens (tertiary/aromatic N) is 3. The lowest BCUT2D eigenvalue weighted by atomic mass is 10.1. The van der Waals surface area contributed by atoms with Crippen LogP contribution in [0.25, 0.3) is 11.0 Å². The number of unbranched alkanes of at least 4 members (excludes halogenated alkanes) is 1. The first-order chi connectivity index (χ1) is 17.9. The molecule has 1 aromatic carbocycles. The predicted molar refractivity (Wildman–Crippen MR) is 131 cm³/mol. The number of aromatic amines is 1. The fourth-order valence-electron chi connectivity index (χ4n) is 3.63. The molecule has 3 aromatic rings. The first-order valence-electron chi connectivity index (χ1n) is 11.6. The number of halogens is 5. The number of allylic oxidation sites excluding steroid dienone is 1. The summed E-state index contributed by atoms with van der Waals surface area (Å²) in [7, 11) is 3.24. The molecule has 2 N–H and O–H groups in total. The second-order valence-electron chi connectivity index (χ2n) is 8.77. The molecule has 2 aromatic heterocycles. The number of hydrogen-bond donors (Lipinski definition) is 2. The third-order valence-corrected chi connectivity index (χ3v) is 5.57. The van der Waals surface area contributed by atoms with Crippen molar-refractivity contribution < 1.29 is 31.5 Å². The van der Waals surface area contributed by atoms with Gasteiger partial charge >= 0.3 is 6.18 Å². The molecule has 0 spiro atoms. The van der Waals surface area contributed by atoms with Crippen LogP contribution in [0.3, 0.4) is 0 Å². The highest BCUT2D eigenvalue weighted by atomic mass is 19.4. The van der Waals surface area contributed by atoms with E-state index in [1.807, 2.05) is 0 Å². The number of rotatable bonds is 10. The minimum absolute atomic E-state index is 0.0161. The summed E-state index contributed by atoms with van der Waals surface area (Å²) in [6, 6.07) is 3.37. The maximum Gasteiger partial charge on any atom is 0.389 e. The fraction of sp³-hybridized carbons (Fsp3) is 0.360. The Hall–Kier alpha value is -4.03. The van der Waals surface area contributed by atoms with Gasteiger partial charge in [0.05, 0.1) is 12.1 Å². The number of aryl methyl sites for hydroxylation is 1. The van der Waals surface area contributed by atoms with Crippen LogP contribution in [0.4, 0.5) is 27.6 Å². The number of nitrogens with one attached hydrogen (secondary N) is 2. The molecule has 0 aliphatic heterocycles. The van der Waals surface area contributed by atoms with E-state index in [4.69, 9.17) is 0 Å². The van der Waals surface area contributed by atoms with Crippen LogP contribution >= 0.6 is 0 Å². The Labute approximate surface area is 214 Å². The number of hydrogen-bond acceptors (Lipinski definition) is 4. The number of amides is 2. The number of anilines is 1. The lowest BCUT2D eigenvalue weighted by Gasteiger charge is -2.08. The van der Waals surface area contributed by atoms with Crippen LogP contribution in [0, 0.1) is 11.6 Å². The van der Waals surface area contributed by atoms with Crippen molar-refractivity contribution in [2.24, 2.45) is 0 Å². The van der Waals surface area contributed by atoms with Gasteiger partial charge in [0.1, 0.15) is 22.8 Å². The number of benzene rings is 1. The summed E-state index contributed by atoms with van der Waals surface area (Å²) in [4.78, 5) is 44.6. The molecule has 2 amide bonds.